The number of hydrogen-bond acceptors (Lipinski definition) is 2. The van der Waals surface area contributed by atoms with Gasteiger partial charge in [0, 0.05) is 39.6 Å². The van der Waals surface area contributed by atoms with Crippen molar-refractivity contribution in [1.82, 2.24) is 9.80 Å². The van der Waals surface area contributed by atoms with E-state index in [0.29, 0.717) is 0 Å². The summed E-state index contributed by atoms with van der Waals surface area (Å²) in [6.45, 7) is 6.26. The molecule has 1 amide bonds. The van der Waals surface area contributed by atoms with Gasteiger partial charge in [0.05, 0.1) is 0 Å². The van der Waals surface area contributed by atoms with Crippen LogP contribution in [0.4, 0.5) is 0 Å². The zero-order valence-corrected chi connectivity index (χ0v) is 10.9. The van der Waals surface area contributed by atoms with Gasteiger partial charge in [-0.2, -0.15) is 0 Å². The van der Waals surface area contributed by atoms with Crippen LogP contribution >= 0.6 is 0 Å². The smallest absolute Gasteiger partial charge is 0.219 e. The second kappa shape index (κ2) is 6.36. The molecule has 0 atom stereocenters. The normalized spacial score (nSPS) is 17.3. The van der Waals surface area contributed by atoms with Crippen LogP contribution in [0.25, 0.3) is 6.08 Å². The van der Waals surface area contributed by atoms with Gasteiger partial charge in [-0.3, -0.25) is 9.69 Å². The van der Waals surface area contributed by atoms with Crippen LogP contribution in [-0.4, -0.2) is 48.4 Å². The molecule has 96 valence electrons. The van der Waals surface area contributed by atoms with Crippen LogP contribution in [0.3, 0.4) is 0 Å². The molecule has 1 heterocycles. The van der Waals surface area contributed by atoms with Gasteiger partial charge < -0.3 is 4.90 Å². The molecule has 2 rings (SSSR count). The number of amides is 1. The molecular weight excluding hydrogens is 224 g/mol. The van der Waals surface area contributed by atoms with Gasteiger partial charge in [0.15, 0.2) is 0 Å². The molecule has 0 aliphatic carbocycles. The predicted molar refractivity (Wildman–Crippen MR) is 74.2 cm³/mol. The molecule has 3 heteroatoms. The summed E-state index contributed by atoms with van der Waals surface area (Å²) in [5, 5.41) is 0. The molecule has 1 aromatic carbocycles. The molecule has 18 heavy (non-hydrogen) atoms. The zero-order chi connectivity index (χ0) is 12.8. The Bertz CT molecular complexity index is 406. The van der Waals surface area contributed by atoms with E-state index >= 15 is 0 Å². The number of carbonyl (C=O) groups is 1. The summed E-state index contributed by atoms with van der Waals surface area (Å²) in [5.41, 5.74) is 1.24. The molecule has 1 aliphatic rings. The number of rotatable bonds is 3. The highest BCUT2D eigenvalue weighted by Gasteiger charge is 2.16. The molecule has 1 aromatic rings. The second-order valence-electron chi connectivity index (χ2n) is 4.62. The van der Waals surface area contributed by atoms with Crippen LogP contribution in [-0.2, 0) is 4.79 Å². The van der Waals surface area contributed by atoms with Crippen molar-refractivity contribution < 1.29 is 4.79 Å². The lowest BCUT2D eigenvalue weighted by Crippen LogP contribution is -2.47. The Labute approximate surface area is 109 Å². The first-order valence-corrected chi connectivity index (χ1v) is 6.45. The summed E-state index contributed by atoms with van der Waals surface area (Å²) in [4.78, 5) is 15.5. The van der Waals surface area contributed by atoms with E-state index in [4.69, 9.17) is 0 Å². The van der Waals surface area contributed by atoms with Gasteiger partial charge >= 0.3 is 0 Å². The highest BCUT2D eigenvalue weighted by Crippen LogP contribution is 2.04. The van der Waals surface area contributed by atoms with E-state index in [2.05, 4.69) is 29.2 Å². The van der Waals surface area contributed by atoms with Crippen LogP contribution < -0.4 is 0 Å². The summed E-state index contributed by atoms with van der Waals surface area (Å²) in [5.74, 6) is 0.189. The number of piperazine rings is 1. The molecule has 0 radical (unpaired) electrons. The van der Waals surface area contributed by atoms with Crippen LogP contribution in [0.2, 0.25) is 0 Å². The first-order chi connectivity index (χ1) is 8.75. The van der Waals surface area contributed by atoms with Crippen molar-refractivity contribution >= 4 is 12.0 Å². The number of nitrogens with zero attached hydrogens (tertiary/aromatic N) is 2. The third-order valence-electron chi connectivity index (χ3n) is 3.29. The molecule has 1 fully saturated rings. The third kappa shape index (κ3) is 3.70. The molecule has 1 saturated heterocycles. The maximum atomic E-state index is 11.2. The van der Waals surface area contributed by atoms with E-state index in [9.17, 15) is 4.79 Å². The van der Waals surface area contributed by atoms with E-state index in [1.54, 1.807) is 6.92 Å². The second-order valence-corrected chi connectivity index (χ2v) is 4.62. The largest absolute Gasteiger partial charge is 0.340 e. The van der Waals surface area contributed by atoms with E-state index in [1.807, 2.05) is 23.1 Å². The maximum absolute atomic E-state index is 11.2. The van der Waals surface area contributed by atoms with Crippen molar-refractivity contribution in [2.45, 2.75) is 6.92 Å². The number of benzene rings is 1. The highest BCUT2D eigenvalue weighted by atomic mass is 16.2. The van der Waals surface area contributed by atoms with Crippen LogP contribution in [0, 0.1) is 0 Å². The molecule has 0 spiro atoms. The molecule has 0 unspecified atom stereocenters. The Hall–Kier alpha value is -1.61. The van der Waals surface area contributed by atoms with Crippen LogP contribution in [0.5, 0.6) is 0 Å². The van der Waals surface area contributed by atoms with Gasteiger partial charge in [-0.15, -0.1) is 0 Å². The summed E-state index contributed by atoms with van der Waals surface area (Å²) in [7, 11) is 0. The predicted octanol–water partition coefficient (Wildman–Crippen LogP) is 1.86. The fourth-order valence-corrected chi connectivity index (χ4v) is 2.15. The summed E-state index contributed by atoms with van der Waals surface area (Å²) < 4.78 is 0. The van der Waals surface area contributed by atoms with E-state index in [0.717, 1.165) is 32.7 Å². The Morgan fingerprint density at radius 1 is 1.17 bits per heavy atom. The van der Waals surface area contributed by atoms with Gasteiger partial charge in [0.2, 0.25) is 5.91 Å². The molecule has 0 saturated carbocycles. The molecule has 0 aromatic heterocycles. The van der Waals surface area contributed by atoms with Gasteiger partial charge in [0.25, 0.3) is 0 Å². The van der Waals surface area contributed by atoms with Crippen molar-refractivity contribution in [3.05, 3.63) is 42.0 Å². The van der Waals surface area contributed by atoms with E-state index in [1.165, 1.54) is 5.56 Å². The minimum atomic E-state index is 0.189. The Kier molecular flexibility index (Phi) is 4.53. The first kappa shape index (κ1) is 12.8. The molecule has 3 nitrogen and oxygen atoms in total. The minimum Gasteiger partial charge on any atom is -0.340 e. The Morgan fingerprint density at radius 3 is 2.44 bits per heavy atom. The van der Waals surface area contributed by atoms with Crippen molar-refractivity contribution in [3.63, 3.8) is 0 Å². The van der Waals surface area contributed by atoms with Crippen molar-refractivity contribution in [1.29, 1.82) is 0 Å². The summed E-state index contributed by atoms with van der Waals surface area (Å²) >= 11 is 0. The maximum Gasteiger partial charge on any atom is 0.219 e. The monoisotopic (exact) mass is 244 g/mol. The van der Waals surface area contributed by atoms with Gasteiger partial charge in [0.1, 0.15) is 0 Å². The van der Waals surface area contributed by atoms with Gasteiger partial charge in [-0.1, -0.05) is 42.5 Å². The van der Waals surface area contributed by atoms with E-state index in [-0.39, 0.29) is 5.91 Å². The third-order valence-corrected chi connectivity index (χ3v) is 3.29. The average Bonchev–Trinajstić information content (AvgIpc) is 2.40. The molecule has 0 bridgehead atoms. The van der Waals surface area contributed by atoms with Gasteiger partial charge in [-0.05, 0) is 5.56 Å². The van der Waals surface area contributed by atoms with Crippen molar-refractivity contribution in [2.24, 2.45) is 0 Å². The SMILES string of the molecule is CC(=O)N1CCN(C/C=C/c2ccccc2)CC1. The van der Waals surface area contributed by atoms with Crippen molar-refractivity contribution in [2.75, 3.05) is 32.7 Å². The molecule has 1 aliphatic heterocycles. The topological polar surface area (TPSA) is 23.6 Å². The fourth-order valence-electron chi connectivity index (χ4n) is 2.15. The van der Waals surface area contributed by atoms with E-state index < -0.39 is 0 Å². The van der Waals surface area contributed by atoms with Crippen molar-refractivity contribution in [3.8, 4) is 0 Å². The molecule has 0 N–H and O–H groups in total. The Morgan fingerprint density at radius 2 is 1.83 bits per heavy atom. The number of carbonyl (C=O) groups excluding carboxylic acids is 1. The number of hydrogen-bond donors (Lipinski definition) is 0. The Balaban J connectivity index is 1.76. The first-order valence-electron chi connectivity index (χ1n) is 6.45. The standard InChI is InChI=1S/C15H20N2O/c1-14(18)17-12-10-16(11-13-17)9-5-8-15-6-3-2-4-7-15/h2-8H,9-13H2,1H3/b8-5+. The minimum absolute atomic E-state index is 0.189. The van der Waals surface area contributed by atoms with Crippen LogP contribution in [0.1, 0.15) is 12.5 Å². The average molecular weight is 244 g/mol. The fraction of sp³-hybridized carbons (Fsp3) is 0.400. The summed E-state index contributed by atoms with van der Waals surface area (Å²) in [6.07, 6.45) is 4.34. The summed E-state index contributed by atoms with van der Waals surface area (Å²) in [6, 6.07) is 10.3. The lowest BCUT2D eigenvalue weighted by molar-refractivity contribution is -0.130. The lowest BCUT2D eigenvalue weighted by atomic mass is 10.2. The van der Waals surface area contributed by atoms with Crippen LogP contribution in [0.15, 0.2) is 36.4 Å². The molecular formula is C15H20N2O. The quantitative estimate of drug-likeness (QED) is 0.810. The lowest BCUT2D eigenvalue weighted by Gasteiger charge is -2.33. The zero-order valence-electron chi connectivity index (χ0n) is 10.9. The van der Waals surface area contributed by atoms with Gasteiger partial charge in [-0.25, -0.2) is 0 Å². The highest BCUT2D eigenvalue weighted by molar-refractivity contribution is 5.73.